The van der Waals surface area contributed by atoms with E-state index in [1.807, 2.05) is 26.0 Å². The number of nitrogens with one attached hydrogen (secondary N) is 1. The van der Waals surface area contributed by atoms with E-state index in [0.29, 0.717) is 25.3 Å². The average molecular weight is 344 g/mol. The summed E-state index contributed by atoms with van der Waals surface area (Å²) in [6, 6.07) is 8.12. The summed E-state index contributed by atoms with van der Waals surface area (Å²) in [5, 5.41) is 6.86. The molecule has 1 N–H and O–H groups in total. The summed E-state index contributed by atoms with van der Waals surface area (Å²) in [6.45, 7) is 7.20. The second-order valence-corrected chi connectivity index (χ2v) is 6.20. The van der Waals surface area contributed by atoms with E-state index in [1.54, 1.807) is 0 Å². The molecule has 2 rings (SSSR count). The highest BCUT2D eigenvalue weighted by molar-refractivity contribution is 5.75. The maximum absolute atomic E-state index is 12.0. The largest absolute Gasteiger partial charge is 0.494 e. The summed E-state index contributed by atoms with van der Waals surface area (Å²) < 4.78 is 10.8. The number of aryl methyl sites for hydroxylation is 3. The van der Waals surface area contributed by atoms with Crippen molar-refractivity contribution < 1.29 is 14.1 Å². The third-order valence-corrected chi connectivity index (χ3v) is 3.98. The standard InChI is InChI=1S/C20H28N2O3/c1-4-7-17-13-18(25-22-17)14-21-20(23)9-6-8-16-10-11-19(24-5-2)15(3)12-16/h10-13H,4-9,14H2,1-3H3,(H,21,23). The summed E-state index contributed by atoms with van der Waals surface area (Å²) in [5.41, 5.74) is 3.31. The summed E-state index contributed by atoms with van der Waals surface area (Å²) in [7, 11) is 0. The predicted molar refractivity (Wildman–Crippen MR) is 97.6 cm³/mol. The van der Waals surface area contributed by atoms with Gasteiger partial charge in [0.25, 0.3) is 0 Å². The van der Waals surface area contributed by atoms with Crippen LogP contribution in [0.4, 0.5) is 0 Å². The van der Waals surface area contributed by atoms with E-state index in [4.69, 9.17) is 9.26 Å². The molecule has 0 saturated carbocycles. The molecule has 0 spiro atoms. The van der Waals surface area contributed by atoms with Crippen molar-refractivity contribution in [2.24, 2.45) is 0 Å². The minimum atomic E-state index is 0.0381. The number of carbonyl (C=O) groups is 1. The molecule has 1 amide bonds. The predicted octanol–water partition coefficient (Wildman–Crippen LogP) is 3.97. The SMILES string of the molecule is CCCc1cc(CNC(=O)CCCc2ccc(OCC)c(C)c2)on1. The van der Waals surface area contributed by atoms with Crippen LogP contribution in [0.2, 0.25) is 0 Å². The van der Waals surface area contributed by atoms with Crippen LogP contribution in [0.15, 0.2) is 28.8 Å². The van der Waals surface area contributed by atoms with Crippen LogP contribution in [0, 0.1) is 6.92 Å². The van der Waals surface area contributed by atoms with Crippen molar-refractivity contribution >= 4 is 5.91 Å². The zero-order chi connectivity index (χ0) is 18.1. The Morgan fingerprint density at radius 3 is 2.80 bits per heavy atom. The quantitative estimate of drug-likeness (QED) is 0.708. The first-order valence-electron chi connectivity index (χ1n) is 9.05. The van der Waals surface area contributed by atoms with Gasteiger partial charge in [-0.1, -0.05) is 30.6 Å². The molecule has 0 fully saturated rings. The van der Waals surface area contributed by atoms with Crippen LogP contribution < -0.4 is 10.1 Å². The molecule has 0 aliphatic carbocycles. The van der Waals surface area contributed by atoms with Crippen molar-refractivity contribution in [3.8, 4) is 5.75 Å². The Hall–Kier alpha value is -2.30. The second kappa shape index (κ2) is 9.87. The lowest BCUT2D eigenvalue weighted by Gasteiger charge is -2.09. The second-order valence-electron chi connectivity index (χ2n) is 6.20. The molecule has 0 atom stereocenters. The fourth-order valence-corrected chi connectivity index (χ4v) is 2.72. The summed E-state index contributed by atoms with van der Waals surface area (Å²) in [5.74, 6) is 1.67. The molecular weight excluding hydrogens is 316 g/mol. The number of hydrogen-bond donors (Lipinski definition) is 1. The zero-order valence-electron chi connectivity index (χ0n) is 15.4. The molecule has 0 aliphatic heterocycles. The van der Waals surface area contributed by atoms with Gasteiger partial charge in [-0.3, -0.25) is 4.79 Å². The minimum Gasteiger partial charge on any atom is -0.494 e. The monoisotopic (exact) mass is 344 g/mol. The third-order valence-electron chi connectivity index (χ3n) is 3.98. The number of amides is 1. The molecule has 5 heteroatoms. The van der Waals surface area contributed by atoms with Crippen LogP contribution >= 0.6 is 0 Å². The highest BCUT2D eigenvalue weighted by Gasteiger charge is 2.07. The van der Waals surface area contributed by atoms with Gasteiger partial charge in [0.15, 0.2) is 5.76 Å². The molecule has 1 aromatic carbocycles. The van der Waals surface area contributed by atoms with Gasteiger partial charge in [0.1, 0.15) is 5.75 Å². The number of benzene rings is 1. The molecule has 25 heavy (non-hydrogen) atoms. The summed E-state index contributed by atoms with van der Waals surface area (Å²) in [4.78, 5) is 12.0. The molecule has 136 valence electrons. The van der Waals surface area contributed by atoms with Crippen LogP contribution in [0.25, 0.3) is 0 Å². The van der Waals surface area contributed by atoms with Gasteiger partial charge in [-0.25, -0.2) is 0 Å². The molecule has 5 nitrogen and oxygen atoms in total. The lowest BCUT2D eigenvalue weighted by Crippen LogP contribution is -2.22. The van der Waals surface area contributed by atoms with Crippen LogP contribution in [0.3, 0.4) is 0 Å². The molecule has 0 unspecified atom stereocenters. The first-order chi connectivity index (χ1) is 12.1. The first-order valence-corrected chi connectivity index (χ1v) is 9.05. The van der Waals surface area contributed by atoms with Gasteiger partial charge in [-0.15, -0.1) is 0 Å². The molecule has 2 aromatic rings. The van der Waals surface area contributed by atoms with Crippen LogP contribution in [-0.4, -0.2) is 17.7 Å². The van der Waals surface area contributed by atoms with E-state index in [9.17, 15) is 4.79 Å². The van der Waals surface area contributed by atoms with Gasteiger partial charge < -0.3 is 14.6 Å². The van der Waals surface area contributed by atoms with E-state index in [-0.39, 0.29) is 5.91 Å². The van der Waals surface area contributed by atoms with Gasteiger partial charge in [0.2, 0.25) is 5.91 Å². The lowest BCUT2D eigenvalue weighted by molar-refractivity contribution is -0.121. The van der Waals surface area contributed by atoms with Crippen LogP contribution in [0.1, 0.15) is 55.7 Å². The number of carbonyl (C=O) groups excluding carboxylic acids is 1. The Kier molecular flexibility index (Phi) is 7.51. The molecule has 0 radical (unpaired) electrons. The van der Waals surface area contributed by atoms with Crippen molar-refractivity contribution in [2.75, 3.05) is 6.61 Å². The molecule has 0 bridgehead atoms. The van der Waals surface area contributed by atoms with E-state index in [2.05, 4.69) is 29.5 Å². The van der Waals surface area contributed by atoms with Gasteiger partial charge in [-0.2, -0.15) is 0 Å². The minimum absolute atomic E-state index is 0.0381. The topological polar surface area (TPSA) is 64.4 Å². The molecule has 0 aliphatic rings. The van der Waals surface area contributed by atoms with Gasteiger partial charge >= 0.3 is 0 Å². The maximum atomic E-state index is 12.0. The molecule has 1 heterocycles. The smallest absolute Gasteiger partial charge is 0.220 e. The van der Waals surface area contributed by atoms with E-state index >= 15 is 0 Å². The first kappa shape index (κ1) is 19.0. The number of ether oxygens (including phenoxy) is 1. The van der Waals surface area contributed by atoms with Gasteiger partial charge in [0, 0.05) is 12.5 Å². The highest BCUT2D eigenvalue weighted by Crippen LogP contribution is 2.20. The lowest BCUT2D eigenvalue weighted by atomic mass is 10.0. The summed E-state index contributed by atoms with van der Waals surface area (Å²) >= 11 is 0. The Balaban J connectivity index is 1.70. The molecule has 1 aromatic heterocycles. The number of rotatable bonds is 10. The average Bonchev–Trinajstić information content (AvgIpc) is 3.03. The molecular formula is C20H28N2O3. The summed E-state index contributed by atoms with van der Waals surface area (Å²) in [6.07, 6.45) is 4.13. The number of nitrogens with zero attached hydrogens (tertiary/aromatic N) is 1. The van der Waals surface area contributed by atoms with Crippen LogP contribution in [0.5, 0.6) is 5.75 Å². The van der Waals surface area contributed by atoms with E-state index in [0.717, 1.165) is 42.7 Å². The number of hydrogen-bond acceptors (Lipinski definition) is 4. The van der Waals surface area contributed by atoms with Gasteiger partial charge in [0.05, 0.1) is 18.8 Å². The van der Waals surface area contributed by atoms with Crippen molar-refractivity contribution in [1.82, 2.24) is 10.5 Å². The normalized spacial score (nSPS) is 10.7. The van der Waals surface area contributed by atoms with Crippen molar-refractivity contribution in [2.45, 2.75) is 59.4 Å². The Morgan fingerprint density at radius 2 is 2.08 bits per heavy atom. The maximum Gasteiger partial charge on any atom is 0.220 e. The van der Waals surface area contributed by atoms with E-state index < -0.39 is 0 Å². The van der Waals surface area contributed by atoms with E-state index in [1.165, 1.54) is 5.56 Å². The van der Waals surface area contributed by atoms with Crippen LogP contribution in [-0.2, 0) is 24.2 Å². The van der Waals surface area contributed by atoms with Crippen molar-refractivity contribution in [3.05, 3.63) is 46.8 Å². The zero-order valence-corrected chi connectivity index (χ0v) is 15.4. The van der Waals surface area contributed by atoms with Gasteiger partial charge in [-0.05, 0) is 50.3 Å². The van der Waals surface area contributed by atoms with Crippen molar-refractivity contribution in [1.29, 1.82) is 0 Å². The highest BCUT2D eigenvalue weighted by atomic mass is 16.5. The third kappa shape index (κ3) is 6.25. The van der Waals surface area contributed by atoms with Crippen molar-refractivity contribution in [3.63, 3.8) is 0 Å². The Morgan fingerprint density at radius 1 is 1.24 bits per heavy atom. The molecule has 0 saturated heterocycles. The Labute approximate surface area is 149 Å². The Bertz CT molecular complexity index is 679. The fraction of sp³-hybridized carbons (Fsp3) is 0.500. The number of aromatic nitrogens is 1. The fourth-order valence-electron chi connectivity index (χ4n) is 2.72.